The Hall–Kier alpha value is -3.81. The molecule has 0 aliphatic rings. The average molecular weight is 431 g/mol. The molecule has 0 atom stereocenters. The van der Waals surface area contributed by atoms with E-state index in [1.165, 1.54) is 10.9 Å². The topological polar surface area (TPSA) is 85.4 Å². The lowest BCUT2D eigenvalue weighted by Gasteiger charge is -2.19. The first kappa shape index (κ1) is 21.4. The highest BCUT2D eigenvalue weighted by atomic mass is 16.2. The van der Waals surface area contributed by atoms with Gasteiger partial charge in [0.1, 0.15) is 5.69 Å². The maximum absolute atomic E-state index is 13.1. The van der Waals surface area contributed by atoms with Gasteiger partial charge in [-0.25, -0.2) is 9.97 Å². The maximum Gasteiger partial charge on any atom is 0.257 e. The van der Waals surface area contributed by atoms with Crippen LogP contribution in [0.1, 0.15) is 40.4 Å². The molecule has 1 amide bonds. The first-order chi connectivity index (χ1) is 15.3. The molecule has 0 unspecified atom stereocenters. The fourth-order valence-corrected chi connectivity index (χ4v) is 3.76. The highest BCUT2D eigenvalue weighted by molar-refractivity contribution is 6.07. The van der Waals surface area contributed by atoms with E-state index in [0.717, 1.165) is 11.3 Å². The van der Waals surface area contributed by atoms with Crippen LogP contribution >= 0.6 is 0 Å². The Morgan fingerprint density at radius 2 is 1.84 bits per heavy atom. The van der Waals surface area contributed by atoms with Gasteiger partial charge >= 0.3 is 0 Å². The highest BCUT2D eigenvalue weighted by Gasteiger charge is 2.25. The second-order valence-electron chi connectivity index (χ2n) is 8.33. The molecule has 0 saturated heterocycles. The third-order valence-corrected chi connectivity index (χ3v) is 5.21. The monoisotopic (exact) mass is 430 g/mol. The van der Waals surface area contributed by atoms with Crippen molar-refractivity contribution >= 4 is 17.5 Å². The normalized spacial score (nSPS) is 11.3. The van der Waals surface area contributed by atoms with Crippen molar-refractivity contribution in [3.05, 3.63) is 71.9 Å². The molecule has 0 aliphatic carbocycles. The summed E-state index contributed by atoms with van der Waals surface area (Å²) in [6.07, 6.45) is 5.27. The van der Waals surface area contributed by atoms with E-state index in [2.05, 4.69) is 15.1 Å². The molecular weight excluding hydrogens is 404 g/mol. The fraction of sp³-hybridized carbons (Fsp3) is 0.292. The number of carbonyl (C=O) groups excluding carboxylic acids is 2. The second-order valence-corrected chi connectivity index (χ2v) is 8.33. The summed E-state index contributed by atoms with van der Waals surface area (Å²) >= 11 is 0. The van der Waals surface area contributed by atoms with Crippen molar-refractivity contribution in [2.45, 2.75) is 20.3 Å². The van der Waals surface area contributed by atoms with Crippen LogP contribution in [0, 0.1) is 5.92 Å². The predicted octanol–water partition coefficient (Wildman–Crippen LogP) is 3.28. The summed E-state index contributed by atoms with van der Waals surface area (Å²) in [5, 5.41) is 4.16. The van der Waals surface area contributed by atoms with Crippen molar-refractivity contribution in [1.29, 1.82) is 0 Å². The molecule has 3 heterocycles. The number of carbonyl (C=O) groups is 2. The molecule has 0 fully saturated rings. The Morgan fingerprint density at radius 1 is 1.09 bits per heavy atom. The zero-order chi connectivity index (χ0) is 22.8. The molecule has 0 bridgehead atoms. The van der Waals surface area contributed by atoms with Crippen LogP contribution in [0.25, 0.3) is 17.0 Å². The van der Waals surface area contributed by atoms with Crippen LogP contribution in [0.4, 0.5) is 0 Å². The van der Waals surface area contributed by atoms with Gasteiger partial charge in [-0.15, -0.1) is 0 Å². The lowest BCUT2D eigenvalue weighted by atomic mass is 10.1. The van der Waals surface area contributed by atoms with Crippen molar-refractivity contribution in [1.82, 2.24) is 29.0 Å². The van der Waals surface area contributed by atoms with E-state index in [-0.39, 0.29) is 18.1 Å². The maximum atomic E-state index is 13.1. The Morgan fingerprint density at radius 3 is 2.56 bits per heavy atom. The largest absolute Gasteiger partial charge is 0.341 e. The van der Waals surface area contributed by atoms with Crippen LogP contribution < -0.4 is 0 Å². The number of imidazole rings is 1. The molecule has 32 heavy (non-hydrogen) atoms. The van der Waals surface area contributed by atoms with Crippen molar-refractivity contribution in [3.63, 3.8) is 0 Å². The molecule has 1 aromatic carbocycles. The van der Waals surface area contributed by atoms with Crippen molar-refractivity contribution < 1.29 is 9.59 Å². The molecule has 4 rings (SSSR count). The minimum Gasteiger partial charge on any atom is -0.341 e. The van der Waals surface area contributed by atoms with E-state index in [9.17, 15) is 9.59 Å². The van der Waals surface area contributed by atoms with E-state index in [1.807, 2.05) is 61.0 Å². The van der Waals surface area contributed by atoms with E-state index in [4.69, 9.17) is 0 Å². The van der Waals surface area contributed by atoms with Crippen molar-refractivity contribution in [2.24, 2.45) is 13.0 Å². The molecule has 0 aliphatic heterocycles. The van der Waals surface area contributed by atoms with Crippen LogP contribution in [-0.4, -0.2) is 54.3 Å². The number of amides is 1. The van der Waals surface area contributed by atoms with Gasteiger partial charge in [-0.3, -0.25) is 18.7 Å². The Labute approximate surface area is 186 Å². The van der Waals surface area contributed by atoms with Gasteiger partial charge in [0, 0.05) is 38.6 Å². The molecule has 0 spiro atoms. The predicted molar refractivity (Wildman–Crippen MR) is 121 cm³/mol. The molecule has 3 aromatic heterocycles. The van der Waals surface area contributed by atoms with Crippen LogP contribution in [0.2, 0.25) is 0 Å². The van der Waals surface area contributed by atoms with E-state index in [0.29, 0.717) is 35.2 Å². The highest BCUT2D eigenvalue weighted by Crippen LogP contribution is 2.19. The number of aryl methyl sites for hydroxylation is 1. The number of rotatable bonds is 7. The Bertz CT molecular complexity index is 1270. The second kappa shape index (κ2) is 8.74. The molecule has 0 saturated carbocycles. The van der Waals surface area contributed by atoms with E-state index >= 15 is 0 Å². The zero-order valence-electron chi connectivity index (χ0n) is 18.7. The number of nitrogens with zero attached hydrogens (tertiary/aromatic N) is 6. The van der Waals surface area contributed by atoms with E-state index < -0.39 is 0 Å². The van der Waals surface area contributed by atoms with Crippen LogP contribution in [0.15, 0.2) is 55.0 Å². The number of aromatic nitrogens is 5. The fourth-order valence-electron chi connectivity index (χ4n) is 3.76. The first-order valence-electron chi connectivity index (χ1n) is 10.5. The van der Waals surface area contributed by atoms with Crippen LogP contribution in [-0.2, 0) is 13.5 Å². The summed E-state index contributed by atoms with van der Waals surface area (Å²) in [4.78, 5) is 36.8. The van der Waals surface area contributed by atoms with E-state index in [1.54, 1.807) is 25.1 Å². The zero-order valence-corrected chi connectivity index (χ0v) is 18.7. The number of ketones is 1. The average Bonchev–Trinajstić information content (AvgIpc) is 3.36. The Balaban J connectivity index is 1.58. The minimum atomic E-state index is -0.210. The molecule has 0 N–H and O–H groups in total. The summed E-state index contributed by atoms with van der Waals surface area (Å²) in [6, 6.07) is 11.7. The summed E-state index contributed by atoms with van der Waals surface area (Å²) in [7, 11) is 3.41. The third-order valence-electron chi connectivity index (χ3n) is 5.21. The standard InChI is InChI=1S/C24H26N6O2/c1-16(2)14-28(3)23(32)19-13-25-29(4)22(19)21(31)12-18-10-11-30-15-20(27-24(30)26-18)17-8-6-5-7-9-17/h5-11,13,15-16H,12,14H2,1-4H3. The van der Waals surface area contributed by atoms with Gasteiger partial charge < -0.3 is 4.90 Å². The van der Waals surface area contributed by atoms with Gasteiger partial charge in [0.05, 0.1) is 29.6 Å². The Kier molecular flexibility index (Phi) is 5.85. The molecular formula is C24H26N6O2. The van der Waals surface area contributed by atoms with Crippen molar-refractivity contribution in [2.75, 3.05) is 13.6 Å². The van der Waals surface area contributed by atoms with Gasteiger partial charge in [0.15, 0.2) is 5.78 Å². The quantitative estimate of drug-likeness (QED) is 0.420. The summed E-state index contributed by atoms with van der Waals surface area (Å²) in [5.74, 6) is 0.426. The van der Waals surface area contributed by atoms with Gasteiger partial charge in [-0.1, -0.05) is 44.2 Å². The molecule has 8 heteroatoms. The molecule has 164 valence electrons. The van der Waals surface area contributed by atoms with Gasteiger partial charge in [0.25, 0.3) is 5.91 Å². The number of Topliss-reactive ketones (excluding diaryl/α,β-unsaturated/α-hetero) is 1. The summed E-state index contributed by atoms with van der Waals surface area (Å²) in [6.45, 7) is 4.68. The summed E-state index contributed by atoms with van der Waals surface area (Å²) in [5.41, 5.74) is 3.01. The smallest absolute Gasteiger partial charge is 0.257 e. The lowest BCUT2D eigenvalue weighted by Crippen LogP contribution is -2.31. The number of hydrogen-bond acceptors (Lipinski definition) is 5. The van der Waals surface area contributed by atoms with Gasteiger partial charge in [-0.05, 0) is 12.0 Å². The van der Waals surface area contributed by atoms with Crippen LogP contribution in [0.3, 0.4) is 0 Å². The number of fused-ring (bicyclic) bond motifs is 1. The van der Waals surface area contributed by atoms with Crippen LogP contribution in [0.5, 0.6) is 0 Å². The first-order valence-corrected chi connectivity index (χ1v) is 10.5. The number of benzene rings is 1. The lowest BCUT2D eigenvalue weighted by molar-refractivity contribution is 0.0773. The molecule has 4 aromatic rings. The van der Waals surface area contributed by atoms with Crippen molar-refractivity contribution in [3.8, 4) is 11.3 Å². The minimum absolute atomic E-state index is 0.0533. The number of hydrogen-bond donors (Lipinski definition) is 0. The molecule has 8 nitrogen and oxygen atoms in total. The molecule has 0 radical (unpaired) electrons. The SMILES string of the molecule is CC(C)CN(C)C(=O)c1cnn(C)c1C(=O)Cc1ccn2cc(-c3ccccc3)nc2n1. The van der Waals surface area contributed by atoms with Gasteiger partial charge in [0.2, 0.25) is 5.78 Å². The van der Waals surface area contributed by atoms with Gasteiger partial charge in [-0.2, -0.15) is 5.10 Å². The third kappa shape index (κ3) is 4.30. The summed E-state index contributed by atoms with van der Waals surface area (Å²) < 4.78 is 3.29.